The number of fused-ring (bicyclic) bond motifs is 1. The SMILES string of the molecule is CO[C@H]1CCC[C@@H]1Oc1ccc2c(c1)CN(C1CCC(=O)NC1=O)C2=O. The molecule has 2 aliphatic heterocycles. The maximum Gasteiger partial charge on any atom is 0.255 e. The van der Waals surface area contributed by atoms with E-state index in [9.17, 15) is 14.4 Å². The predicted molar refractivity (Wildman–Crippen MR) is 91.6 cm³/mol. The number of nitrogens with zero attached hydrogens (tertiary/aromatic N) is 1. The molecule has 26 heavy (non-hydrogen) atoms. The van der Waals surface area contributed by atoms with Crippen LogP contribution in [-0.2, 0) is 20.9 Å². The molecule has 2 heterocycles. The molecule has 0 radical (unpaired) electrons. The molecule has 1 N–H and O–H groups in total. The Morgan fingerprint density at radius 3 is 2.69 bits per heavy atom. The first kappa shape index (κ1) is 17.0. The summed E-state index contributed by atoms with van der Waals surface area (Å²) in [7, 11) is 1.70. The summed E-state index contributed by atoms with van der Waals surface area (Å²) in [4.78, 5) is 37.6. The van der Waals surface area contributed by atoms with E-state index < -0.39 is 11.9 Å². The molecule has 1 aromatic rings. The van der Waals surface area contributed by atoms with Crippen LogP contribution in [0.4, 0.5) is 0 Å². The second-order valence-electron chi connectivity index (χ2n) is 7.08. The maximum atomic E-state index is 12.7. The molecular formula is C19H22N2O5. The zero-order valence-electron chi connectivity index (χ0n) is 14.7. The topological polar surface area (TPSA) is 84.9 Å². The van der Waals surface area contributed by atoms with Crippen molar-refractivity contribution >= 4 is 17.7 Å². The normalized spacial score (nSPS) is 28.3. The van der Waals surface area contributed by atoms with Gasteiger partial charge in [0.05, 0.1) is 6.10 Å². The zero-order valence-corrected chi connectivity index (χ0v) is 14.7. The Labute approximate surface area is 151 Å². The second kappa shape index (κ2) is 6.72. The standard InChI is InChI=1S/C19H22N2O5/c1-25-15-3-2-4-16(15)26-12-5-6-13-11(9-12)10-21(19(13)24)14-7-8-17(22)20-18(14)23/h5-6,9,14-16H,2-4,7-8,10H2,1H3,(H,20,22,23)/t14?,15-,16-/m0/s1. The predicted octanol–water partition coefficient (Wildman–Crippen LogP) is 1.39. The molecule has 0 aromatic heterocycles. The van der Waals surface area contributed by atoms with Gasteiger partial charge in [-0.2, -0.15) is 0 Å². The van der Waals surface area contributed by atoms with Crippen LogP contribution >= 0.6 is 0 Å². The number of hydrogen-bond donors (Lipinski definition) is 1. The van der Waals surface area contributed by atoms with E-state index in [2.05, 4.69) is 5.32 Å². The molecule has 4 rings (SSSR count). The summed E-state index contributed by atoms with van der Waals surface area (Å²) in [5, 5.41) is 2.31. The van der Waals surface area contributed by atoms with E-state index in [4.69, 9.17) is 9.47 Å². The van der Waals surface area contributed by atoms with Gasteiger partial charge in [0.2, 0.25) is 11.8 Å². The lowest BCUT2D eigenvalue weighted by molar-refractivity contribution is -0.136. The molecule has 1 saturated carbocycles. The number of nitrogens with one attached hydrogen (secondary N) is 1. The lowest BCUT2D eigenvalue weighted by atomic mass is 10.0. The van der Waals surface area contributed by atoms with Crippen molar-refractivity contribution in [2.75, 3.05) is 7.11 Å². The Kier molecular flexibility index (Phi) is 4.40. The number of imide groups is 1. The minimum absolute atomic E-state index is 0.0291. The van der Waals surface area contributed by atoms with Crippen LogP contribution in [0.25, 0.3) is 0 Å². The van der Waals surface area contributed by atoms with Crippen LogP contribution in [0.1, 0.15) is 48.0 Å². The van der Waals surface area contributed by atoms with Crippen LogP contribution in [0.5, 0.6) is 5.75 Å². The summed E-state index contributed by atoms with van der Waals surface area (Å²) in [6.07, 6.45) is 3.78. The van der Waals surface area contributed by atoms with Crippen LogP contribution < -0.4 is 10.1 Å². The number of amides is 3. The van der Waals surface area contributed by atoms with Gasteiger partial charge in [-0.25, -0.2) is 0 Å². The highest BCUT2D eigenvalue weighted by atomic mass is 16.5. The molecule has 0 spiro atoms. The van der Waals surface area contributed by atoms with Gasteiger partial charge in [0, 0.05) is 25.6 Å². The van der Waals surface area contributed by atoms with E-state index in [1.807, 2.05) is 6.07 Å². The Morgan fingerprint density at radius 1 is 1.12 bits per heavy atom. The van der Waals surface area contributed by atoms with Crippen LogP contribution in [-0.4, -0.2) is 48.0 Å². The van der Waals surface area contributed by atoms with E-state index in [0.717, 1.165) is 30.6 Å². The van der Waals surface area contributed by atoms with Crippen molar-refractivity contribution in [2.45, 2.75) is 56.9 Å². The minimum atomic E-state index is -0.593. The monoisotopic (exact) mass is 358 g/mol. The summed E-state index contributed by atoms with van der Waals surface area (Å²) >= 11 is 0. The van der Waals surface area contributed by atoms with Crippen molar-refractivity contribution in [2.24, 2.45) is 0 Å². The van der Waals surface area contributed by atoms with Crippen molar-refractivity contribution in [1.82, 2.24) is 10.2 Å². The van der Waals surface area contributed by atoms with Crippen molar-refractivity contribution in [1.29, 1.82) is 0 Å². The van der Waals surface area contributed by atoms with Gasteiger partial charge in [-0.05, 0) is 49.4 Å². The fourth-order valence-electron chi connectivity index (χ4n) is 4.10. The quantitative estimate of drug-likeness (QED) is 0.823. The van der Waals surface area contributed by atoms with Crippen LogP contribution in [0.3, 0.4) is 0 Å². The smallest absolute Gasteiger partial charge is 0.255 e. The highest BCUT2D eigenvalue weighted by Gasteiger charge is 2.39. The lowest BCUT2D eigenvalue weighted by Gasteiger charge is -2.29. The van der Waals surface area contributed by atoms with E-state index >= 15 is 0 Å². The molecule has 7 heteroatoms. The van der Waals surface area contributed by atoms with E-state index in [1.165, 1.54) is 0 Å². The third-order valence-corrected chi connectivity index (χ3v) is 5.48. The van der Waals surface area contributed by atoms with Gasteiger partial charge in [0.1, 0.15) is 17.9 Å². The molecule has 138 valence electrons. The number of methoxy groups -OCH3 is 1. The second-order valence-corrected chi connectivity index (χ2v) is 7.08. The molecular weight excluding hydrogens is 336 g/mol. The minimum Gasteiger partial charge on any atom is -0.488 e. The number of rotatable bonds is 4. The summed E-state index contributed by atoms with van der Waals surface area (Å²) in [6.45, 7) is 0.357. The number of carbonyl (C=O) groups is 3. The van der Waals surface area contributed by atoms with Crippen molar-refractivity contribution in [3.63, 3.8) is 0 Å². The number of piperidine rings is 1. The van der Waals surface area contributed by atoms with Crippen LogP contribution in [0.2, 0.25) is 0 Å². The fourth-order valence-corrected chi connectivity index (χ4v) is 4.10. The molecule has 3 atom stereocenters. The molecule has 3 amide bonds. The fraction of sp³-hybridized carbons (Fsp3) is 0.526. The summed E-state index contributed by atoms with van der Waals surface area (Å²) < 4.78 is 11.5. The van der Waals surface area contributed by atoms with Crippen molar-refractivity contribution in [3.05, 3.63) is 29.3 Å². The van der Waals surface area contributed by atoms with Gasteiger partial charge in [-0.3, -0.25) is 19.7 Å². The first-order chi connectivity index (χ1) is 12.6. The average Bonchev–Trinajstić information content (AvgIpc) is 3.19. The Morgan fingerprint density at radius 2 is 1.92 bits per heavy atom. The largest absolute Gasteiger partial charge is 0.488 e. The molecule has 1 aliphatic carbocycles. The molecule has 3 aliphatic rings. The third kappa shape index (κ3) is 2.96. The summed E-state index contributed by atoms with van der Waals surface area (Å²) in [6, 6.07) is 4.85. The first-order valence-corrected chi connectivity index (χ1v) is 9.04. The van der Waals surface area contributed by atoms with Gasteiger partial charge >= 0.3 is 0 Å². The van der Waals surface area contributed by atoms with Gasteiger partial charge in [0.25, 0.3) is 5.91 Å². The molecule has 0 bridgehead atoms. The number of hydrogen-bond acceptors (Lipinski definition) is 5. The Balaban J connectivity index is 1.50. The zero-order chi connectivity index (χ0) is 18.3. The molecule has 2 fully saturated rings. The number of carbonyl (C=O) groups excluding carboxylic acids is 3. The highest BCUT2D eigenvalue weighted by molar-refractivity contribution is 6.05. The van der Waals surface area contributed by atoms with Crippen molar-refractivity contribution in [3.8, 4) is 5.75 Å². The molecule has 7 nitrogen and oxygen atoms in total. The number of benzene rings is 1. The van der Waals surface area contributed by atoms with Gasteiger partial charge < -0.3 is 14.4 Å². The van der Waals surface area contributed by atoms with E-state index in [0.29, 0.717) is 18.5 Å². The average molecular weight is 358 g/mol. The van der Waals surface area contributed by atoms with Crippen molar-refractivity contribution < 1.29 is 23.9 Å². The van der Waals surface area contributed by atoms with E-state index in [-0.39, 0.29) is 30.4 Å². The summed E-state index contributed by atoms with van der Waals surface area (Å²) in [5.41, 5.74) is 1.45. The Hall–Kier alpha value is -2.41. The lowest BCUT2D eigenvalue weighted by Crippen LogP contribution is -2.52. The van der Waals surface area contributed by atoms with Crippen LogP contribution in [0.15, 0.2) is 18.2 Å². The molecule has 1 unspecified atom stereocenters. The first-order valence-electron chi connectivity index (χ1n) is 9.04. The van der Waals surface area contributed by atoms with Gasteiger partial charge in [0.15, 0.2) is 0 Å². The third-order valence-electron chi connectivity index (χ3n) is 5.48. The Bertz CT molecular complexity index is 762. The molecule has 1 saturated heterocycles. The van der Waals surface area contributed by atoms with Crippen LogP contribution in [0, 0.1) is 0 Å². The summed E-state index contributed by atoms with van der Waals surface area (Å²) in [5.74, 6) is -0.129. The van der Waals surface area contributed by atoms with Gasteiger partial charge in [-0.15, -0.1) is 0 Å². The number of ether oxygens (including phenoxy) is 2. The maximum absolute atomic E-state index is 12.7. The van der Waals surface area contributed by atoms with Gasteiger partial charge in [-0.1, -0.05) is 0 Å². The van der Waals surface area contributed by atoms with E-state index in [1.54, 1.807) is 24.1 Å². The highest BCUT2D eigenvalue weighted by Crippen LogP contribution is 2.32. The molecule has 1 aromatic carbocycles.